The lowest BCUT2D eigenvalue weighted by Gasteiger charge is -2.26. The highest BCUT2D eigenvalue weighted by molar-refractivity contribution is 7.89. The summed E-state index contributed by atoms with van der Waals surface area (Å²) >= 11 is 0. The number of aromatic nitrogens is 2. The molecule has 1 fully saturated rings. The molecular formula is C23H25FN4O4S. The van der Waals surface area contributed by atoms with Crippen molar-refractivity contribution in [3.63, 3.8) is 0 Å². The number of piperidine rings is 1. The maximum Gasteiger partial charge on any atom is 0.259 e. The molecule has 0 radical (unpaired) electrons. The molecule has 174 valence electrons. The molecule has 1 saturated heterocycles. The maximum absolute atomic E-state index is 14.2. The van der Waals surface area contributed by atoms with Gasteiger partial charge in [0, 0.05) is 13.1 Å². The van der Waals surface area contributed by atoms with Crippen LogP contribution >= 0.6 is 0 Å². The number of sulfonamides is 1. The number of halogens is 1. The van der Waals surface area contributed by atoms with E-state index in [1.807, 2.05) is 0 Å². The molecule has 1 N–H and O–H groups in total. The topological polar surface area (TPSA) is 93.5 Å². The Balaban J connectivity index is 1.63. The van der Waals surface area contributed by atoms with Crippen molar-refractivity contribution in [3.8, 4) is 11.4 Å². The second-order valence-corrected chi connectivity index (χ2v) is 9.73. The van der Waals surface area contributed by atoms with Crippen molar-refractivity contribution in [2.75, 3.05) is 25.5 Å². The van der Waals surface area contributed by atoms with Gasteiger partial charge in [0.15, 0.2) is 0 Å². The van der Waals surface area contributed by atoms with E-state index in [9.17, 15) is 17.6 Å². The van der Waals surface area contributed by atoms with E-state index in [4.69, 9.17) is 4.74 Å². The molecule has 0 unspecified atom stereocenters. The number of para-hydroxylation sites is 1. The van der Waals surface area contributed by atoms with Gasteiger partial charge < -0.3 is 10.1 Å². The number of hydrogen-bond acceptors (Lipinski definition) is 5. The molecule has 33 heavy (non-hydrogen) atoms. The molecule has 2 aromatic carbocycles. The number of methoxy groups -OCH3 is 1. The third-order valence-electron chi connectivity index (χ3n) is 5.71. The Morgan fingerprint density at radius 3 is 2.55 bits per heavy atom. The number of anilines is 1. The summed E-state index contributed by atoms with van der Waals surface area (Å²) in [6, 6.07) is 10.5. The van der Waals surface area contributed by atoms with Crippen LogP contribution in [0, 0.1) is 12.7 Å². The fourth-order valence-electron chi connectivity index (χ4n) is 3.89. The van der Waals surface area contributed by atoms with Gasteiger partial charge in [-0.25, -0.2) is 17.5 Å². The summed E-state index contributed by atoms with van der Waals surface area (Å²) in [5, 5.41) is 6.87. The molecular weight excluding hydrogens is 447 g/mol. The van der Waals surface area contributed by atoms with Crippen LogP contribution in [0.25, 0.3) is 5.69 Å². The first-order valence-electron chi connectivity index (χ1n) is 10.6. The Morgan fingerprint density at radius 2 is 1.85 bits per heavy atom. The third kappa shape index (κ3) is 4.49. The van der Waals surface area contributed by atoms with Gasteiger partial charge in [0.1, 0.15) is 17.3 Å². The smallest absolute Gasteiger partial charge is 0.259 e. The zero-order chi connectivity index (χ0) is 23.6. The summed E-state index contributed by atoms with van der Waals surface area (Å²) in [6.07, 6.45) is 4.00. The monoisotopic (exact) mass is 472 g/mol. The summed E-state index contributed by atoms with van der Waals surface area (Å²) in [5.74, 6) is -0.658. The molecule has 0 saturated carbocycles. The van der Waals surface area contributed by atoms with Gasteiger partial charge in [-0.2, -0.15) is 9.40 Å². The summed E-state index contributed by atoms with van der Waals surface area (Å²) in [5.41, 5.74) is 1.11. The van der Waals surface area contributed by atoms with Gasteiger partial charge in [0.05, 0.1) is 35.1 Å². The summed E-state index contributed by atoms with van der Waals surface area (Å²) < 4.78 is 48.4. The second-order valence-electron chi connectivity index (χ2n) is 7.79. The molecule has 10 heteroatoms. The number of carbonyl (C=O) groups excluding carboxylic acids is 1. The number of benzene rings is 2. The lowest BCUT2D eigenvalue weighted by molar-refractivity contribution is 0.102. The number of hydrogen-bond donors (Lipinski definition) is 1. The quantitative estimate of drug-likeness (QED) is 0.590. The van der Waals surface area contributed by atoms with E-state index in [0.29, 0.717) is 24.5 Å². The number of ether oxygens (including phenoxy) is 1. The Morgan fingerprint density at radius 1 is 1.12 bits per heavy atom. The Labute approximate surface area is 192 Å². The van der Waals surface area contributed by atoms with Crippen molar-refractivity contribution in [3.05, 3.63) is 65.7 Å². The van der Waals surface area contributed by atoms with Crippen molar-refractivity contribution in [2.24, 2.45) is 0 Å². The fraction of sp³-hybridized carbons (Fsp3) is 0.304. The number of carbonyl (C=O) groups is 1. The van der Waals surface area contributed by atoms with Crippen molar-refractivity contribution in [2.45, 2.75) is 31.1 Å². The zero-order valence-corrected chi connectivity index (χ0v) is 19.2. The second kappa shape index (κ2) is 9.32. The number of rotatable bonds is 6. The van der Waals surface area contributed by atoms with E-state index in [1.165, 1.54) is 46.6 Å². The Bertz CT molecular complexity index is 1280. The molecule has 0 atom stereocenters. The number of amides is 1. The molecule has 0 bridgehead atoms. The minimum Gasteiger partial charge on any atom is -0.495 e. The van der Waals surface area contributed by atoms with Crippen LogP contribution in [0.3, 0.4) is 0 Å². The minimum atomic E-state index is -3.69. The van der Waals surface area contributed by atoms with E-state index in [-0.39, 0.29) is 21.8 Å². The average Bonchev–Trinajstić information content (AvgIpc) is 3.21. The normalized spacial score (nSPS) is 14.8. The van der Waals surface area contributed by atoms with E-state index in [0.717, 1.165) is 19.3 Å². The first-order chi connectivity index (χ1) is 15.8. The average molecular weight is 473 g/mol. The van der Waals surface area contributed by atoms with Crippen LogP contribution in [-0.4, -0.2) is 48.6 Å². The predicted octanol–water partition coefficient (Wildman–Crippen LogP) is 3.76. The summed E-state index contributed by atoms with van der Waals surface area (Å²) in [6.45, 7) is 2.61. The Hall–Kier alpha value is -3.24. The molecule has 4 rings (SSSR count). The maximum atomic E-state index is 14.2. The van der Waals surface area contributed by atoms with Crippen LogP contribution in [0.2, 0.25) is 0 Å². The van der Waals surface area contributed by atoms with Crippen molar-refractivity contribution >= 4 is 21.6 Å². The summed E-state index contributed by atoms with van der Waals surface area (Å²) in [4.78, 5) is 13.1. The number of nitrogens with zero attached hydrogens (tertiary/aromatic N) is 3. The summed E-state index contributed by atoms with van der Waals surface area (Å²) in [7, 11) is -2.25. The zero-order valence-electron chi connectivity index (χ0n) is 18.4. The van der Waals surface area contributed by atoms with Crippen molar-refractivity contribution in [1.29, 1.82) is 0 Å². The first kappa shape index (κ1) is 22.9. The van der Waals surface area contributed by atoms with Gasteiger partial charge >= 0.3 is 0 Å². The van der Waals surface area contributed by atoms with Gasteiger partial charge in [-0.05, 0) is 50.1 Å². The Kier molecular flexibility index (Phi) is 6.48. The molecule has 1 aliphatic heterocycles. The molecule has 0 spiro atoms. The third-order valence-corrected chi connectivity index (χ3v) is 7.60. The fourth-order valence-corrected chi connectivity index (χ4v) is 5.43. The molecule has 1 aliphatic rings. The minimum absolute atomic E-state index is 0.0827. The van der Waals surface area contributed by atoms with E-state index in [2.05, 4.69) is 10.4 Å². The highest BCUT2D eigenvalue weighted by atomic mass is 32.2. The lowest BCUT2D eigenvalue weighted by atomic mass is 10.2. The highest BCUT2D eigenvalue weighted by Gasteiger charge is 2.27. The number of nitrogens with one attached hydrogen (secondary N) is 1. The van der Waals surface area contributed by atoms with Crippen LogP contribution in [0.5, 0.6) is 5.75 Å². The lowest BCUT2D eigenvalue weighted by Crippen LogP contribution is -2.35. The van der Waals surface area contributed by atoms with E-state index >= 15 is 0 Å². The van der Waals surface area contributed by atoms with Gasteiger partial charge in [0.2, 0.25) is 10.0 Å². The van der Waals surface area contributed by atoms with Gasteiger partial charge in [0.25, 0.3) is 5.91 Å². The largest absolute Gasteiger partial charge is 0.495 e. The van der Waals surface area contributed by atoms with Gasteiger partial charge in [-0.3, -0.25) is 4.79 Å². The van der Waals surface area contributed by atoms with Crippen LogP contribution in [0.15, 0.2) is 53.6 Å². The van der Waals surface area contributed by atoms with Crippen molar-refractivity contribution < 1.29 is 22.3 Å². The molecule has 0 aliphatic carbocycles. The van der Waals surface area contributed by atoms with Crippen LogP contribution in [0.1, 0.15) is 35.3 Å². The predicted molar refractivity (Wildman–Crippen MR) is 122 cm³/mol. The standard InChI is InChI=1S/C23H25FN4O4S/c1-16-18(15-25-28(16)21-9-5-4-8-19(21)24)23(29)26-20-14-17(10-11-22(20)32-2)33(30,31)27-12-6-3-7-13-27/h4-5,8-11,14-15H,3,6-7,12-13H2,1-2H3,(H,26,29). The van der Waals surface area contributed by atoms with Crippen LogP contribution < -0.4 is 10.1 Å². The van der Waals surface area contributed by atoms with Crippen LogP contribution in [0.4, 0.5) is 10.1 Å². The van der Waals surface area contributed by atoms with Gasteiger partial charge in [-0.1, -0.05) is 18.6 Å². The van der Waals surface area contributed by atoms with E-state index < -0.39 is 21.7 Å². The van der Waals surface area contributed by atoms with Crippen molar-refractivity contribution in [1.82, 2.24) is 14.1 Å². The van der Waals surface area contributed by atoms with Gasteiger partial charge in [-0.15, -0.1) is 0 Å². The molecule has 8 nitrogen and oxygen atoms in total. The molecule has 2 heterocycles. The first-order valence-corrected chi connectivity index (χ1v) is 12.1. The molecule has 1 amide bonds. The molecule has 3 aromatic rings. The van der Waals surface area contributed by atoms with E-state index in [1.54, 1.807) is 25.1 Å². The molecule has 1 aromatic heterocycles. The van der Waals surface area contributed by atoms with Crippen LogP contribution in [-0.2, 0) is 10.0 Å². The highest BCUT2D eigenvalue weighted by Crippen LogP contribution is 2.30. The SMILES string of the molecule is COc1ccc(S(=O)(=O)N2CCCCC2)cc1NC(=O)c1cnn(-c2ccccc2F)c1C.